The van der Waals surface area contributed by atoms with E-state index in [-0.39, 0.29) is 11.9 Å². The van der Waals surface area contributed by atoms with E-state index >= 15 is 0 Å². The number of carbonyl (C=O) groups is 2. The Labute approximate surface area is 115 Å². The third-order valence-corrected chi connectivity index (χ3v) is 3.85. The van der Waals surface area contributed by atoms with E-state index in [1.54, 1.807) is 0 Å². The zero-order valence-corrected chi connectivity index (χ0v) is 12.3. The zero-order valence-electron chi connectivity index (χ0n) is 12.3. The fourth-order valence-corrected chi connectivity index (χ4v) is 2.44. The number of hydrogen-bond donors (Lipinski definition) is 3. The summed E-state index contributed by atoms with van der Waals surface area (Å²) < 4.78 is 0. The van der Waals surface area contributed by atoms with E-state index in [9.17, 15) is 9.59 Å². The van der Waals surface area contributed by atoms with Gasteiger partial charge in [-0.2, -0.15) is 0 Å². The van der Waals surface area contributed by atoms with Crippen molar-refractivity contribution in [3.63, 3.8) is 0 Å². The van der Waals surface area contributed by atoms with E-state index in [2.05, 4.69) is 34.7 Å². The first-order valence-corrected chi connectivity index (χ1v) is 7.05. The molecule has 3 amide bonds. The number of hydrogen-bond acceptors (Lipinski definition) is 4. The number of amides is 3. The molecule has 3 unspecified atom stereocenters. The van der Waals surface area contributed by atoms with E-state index in [1.807, 2.05) is 6.92 Å². The SMILES string of the molecule is CCC1CN(C(C)C(=O)NC(=O)NC)C(CC)CN1. The fourth-order valence-electron chi connectivity index (χ4n) is 2.44. The van der Waals surface area contributed by atoms with Gasteiger partial charge in [-0.1, -0.05) is 13.8 Å². The summed E-state index contributed by atoms with van der Waals surface area (Å²) in [5.74, 6) is -0.241. The van der Waals surface area contributed by atoms with E-state index in [0.29, 0.717) is 12.1 Å². The van der Waals surface area contributed by atoms with Crippen LogP contribution in [-0.2, 0) is 4.79 Å². The van der Waals surface area contributed by atoms with Gasteiger partial charge in [-0.25, -0.2) is 4.79 Å². The Kier molecular flexibility index (Phi) is 6.24. The lowest BCUT2D eigenvalue weighted by Crippen LogP contribution is -2.61. The number of imide groups is 1. The van der Waals surface area contributed by atoms with Gasteiger partial charge >= 0.3 is 6.03 Å². The van der Waals surface area contributed by atoms with Crippen LogP contribution in [0.25, 0.3) is 0 Å². The van der Waals surface area contributed by atoms with Crippen LogP contribution in [0.2, 0.25) is 0 Å². The predicted molar refractivity (Wildman–Crippen MR) is 74.9 cm³/mol. The molecule has 1 aliphatic heterocycles. The number of urea groups is 1. The van der Waals surface area contributed by atoms with Crippen LogP contribution in [0.4, 0.5) is 4.79 Å². The van der Waals surface area contributed by atoms with Gasteiger partial charge in [0, 0.05) is 32.2 Å². The van der Waals surface area contributed by atoms with Crippen molar-refractivity contribution in [2.75, 3.05) is 20.1 Å². The van der Waals surface area contributed by atoms with E-state index < -0.39 is 6.03 Å². The molecule has 6 heteroatoms. The molecular weight excluding hydrogens is 244 g/mol. The largest absolute Gasteiger partial charge is 0.341 e. The van der Waals surface area contributed by atoms with Crippen molar-refractivity contribution >= 4 is 11.9 Å². The number of piperazine rings is 1. The Morgan fingerprint density at radius 3 is 2.58 bits per heavy atom. The second-order valence-electron chi connectivity index (χ2n) is 5.02. The summed E-state index contributed by atoms with van der Waals surface area (Å²) in [4.78, 5) is 25.4. The van der Waals surface area contributed by atoms with Gasteiger partial charge in [-0.15, -0.1) is 0 Å². The van der Waals surface area contributed by atoms with E-state index in [4.69, 9.17) is 0 Å². The van der Waals surface area contributed by atoms with Crippen molar-refractivity contribution < 1.29 is 9.59 Å². The van der Waals surface area contributed by atoms with Crippen LogP contribution in [0, 0.1) is 0 Å². The van der Waals surface area contributed by atoms with Crippen LogP contribution in [-0.4, -0.2) is 55.1 Å². The van der Waals surface area contributed by atoms with E-state index in [0.717, 1.165) is 25.9 Å². The molecule has 6 nitrogen and oxygen atoms in total. The lowest BCUT2D eigenvalue weighted by Gasteiger charge is -2.42. The average Bonchev–Trinajstić information content (AvgIpc) is 2.45. The highest BCUT2D eigenvalue weighted by atomic mass is 16.2. The van der Waals surface area contributed by atoms with Crippen molar-refractivity contribution in [3.8, 4) is 0 Å². The first-order valence-electron chi connectivity index (χ1n) is 7.05. The zero-order chi connectivity index (χ0) is 14.4. The Morgan fingerprint density at radius 2 is 2.05 bits per heavy atom. The molecule has 0 aromatic heterocycles. The number of rotatable bonds is 4. The molecule has 1 saturated heterocycles. The van der Waals surface area contributed by atoms with Crippen LogP contribution in [0.5, 0.6) is 0 Å². The molecule has 3 N–H and O–H groups in total. The summed E-state index contributed by atoms with van der Waals surface area (Å²) in [6.45, 7) is 7.86. The predicted octanol–water partition coefficient (Wildman–Crippen LogP) is 0.293. The third kappa shape index (κ3) is 4.18. The summed E-state index contributed by atoms with van der Waals surface area (Å²) in [5, 5.41) is 8.24. The van der Waals surface area contributed by atoms with Crippen LogP contribution >= 0.6 is 0 Å². The maximum atomic E-state index is 12.0. The quantitative estimate of drug-likeness (QED) is 0.686. The molecule has 1 aliphatic rings. The highest BCUT2D eigenvalue weighted by Gasteiger charge is 2.32. The fraction of sp³-hybridized carbons (Fsp3) is 0.846. The van der Waals surface area contributed by atoms with Gasteiger partial charge in [0.05, 0.1) is 6.04 Å². The Bertz CT molecular complexity index is 322. The van der Waals surface area contributed by atoms with Crippen molar-refractivity contribution in [1.29, 1.82) is 0 Å². The number of nitrogens with zero attached hydrogens (tertiary/aromatic N) is 1. The molecule has 0 aliphatic carbocycles. The van der Waals surface area contributed by atoms with Gasteiger partial charge < -0.3 is 10.6 Å². The minimum Gasteiger partial charge on any atom is -0.341 e. The Balaban J connectivity index is 2.67. The monoisotopic (exact) mass is 270 g/mol. The number of nitrogens with one attached hydrogen (secondary N) is 3. The van der Waals surface area contributed by atoms with Crippen LogP contribution in [0.3, 0.4) is 0 Å². The van der Waals surface area contributed by atoms with Crippen molar-refractivity contribution in [1.82, 2.24) is 20.9 Å². The molecule has 0 saturated carbocycles. The molecule has 1 fully saturated rings. The highest BCUT2D eigenvalue weighted by molar-refractivity contribution is 5.96. The third-order valence-electron chi connectivity index (χ3n) is 3.85. The average molecular weight is 270 g/mol. The summed E-state index contributed by atoms with van der Waals surface area (Å²) in [6, 6.07) is 0.0109. The molecule has 0 radical (unpaired) electrons. The summed E-state index contributed by atoms with van der Waals surface area (Å²) in [7, 11) is 1.50. The minimum atomic E-state index is -0.452. The lowest BCUT2D eigenvalue weighted by atomic mass is 10.0. The molecule has 110 valence electrons. The summed E-state index contributed by atoms with van der Waals surface area (Å²) in [5.41, 5.74) is 0. The van der Waals surface area contributed by atoms with Gasteiger partial charge in [0.1, 0.15) is 0 Å². The van der Waals surface area contributed by atoms with Crippen molar-refractivity contribution in [2.24, 2.45) is 0 Å². The Hall–Kier alpha value is -1.14. The molecule has 0 aromatic rings. The molecule has 0 aromatic carbocycles. The molecule has 3 atom stereocenters. The molecular formula is C13H26N4O2. The highest BCUT2D eigenvalue weighted by Crippen LogP contribution is 2.15. The number of carbonyl (C=O) groups excluding carboxylic acids is 2. The first-order chi connectivity index (χ1) is 9.03. The lowest BCUT2D eigenvalue weighted by molar-refractivity contribution is -0.126. The van der Waals surface area contributed by atoms with Gasteiger partial charge in [0.25, 0.3) is 0 Å². The molecule has 19 heavy (non-hydrogen) atoms. The van der Waals surface area contributed by atoms with Gasteiger partial charge in [0.15, 0.2) is 0 Å². The topological polar surface area (TPSA) is 73.5 Å². The van der Waals surface area contributed by atoms with Gasteiger partial charge in [-0.3, -0.25) is 15.0 Å². The first kappa shape index (κ1) is 15.9. The van der Waals surface area contributed by atoms with Gasteiger partial charge in [-0.05, 0) is 19.8 Å². The van der Waals surface area contributed by atoms with E-state index in [1.165, 1.54) is 7.05 Å². The van der Waals surface area contributed by atoms with Crippen molar-refractivity contribution in [3.05, 3.63) is 0 Å². The molecule has 0 spiro atoms. The molecule has 1 rings (SSSR count). The van der Waals surface area contributed by atoms with Crippen LogP contribution in [0.15, 0.2) is 0 Å². The summed E-state index contributed by atoms with van der Waals surface area (Å²) >= 11 is 0. The minimum absolute atomic E-state index is 0.241. The molecule has 1 heterocycles. The smallest absolute Gasteiger partial charge is 0.321 e. The van der Waals surface area contributed by atoms with Crippen LogP contribution < -0.4 is 16.0 Å². The normalized spacial score (nSPS) is 25.7. The van der Waals surface area contributed by atoms with Crippen molar-refractivity contribution in [2.45, 2.75) is 51.7 Å². The van der Waals surface area contributed by atoms with Gasteiger partial charge in [0.2, 0.25) is 5.91 Å². The Morgan fingerprint density at radius 1 is 1.37 bits per heavy atom. The standard InChI is InChI=1S/C13H26N4O2/c1-5-10-8-17(11(6-2)7-15-10)9(3)12(18)16-13(19)14-4/h9-11,15H,5-8H2,1-4H3,(H2,14,16,18,19). The maximum absolute atomic E-state index is 12.0. The second-order valence-corrected chi connectivity index (χ2v) is 5.02. The molecule has 0 bridgehead atoms. The maximum Gasteiger partial charge on any atom is 0.321 e. The summed E-state index contributed by atoms with van der Waals surface area (Å²) in [6.07, 6.45) is 2.03. The van der Waals surface area contributed by atoms with Crippen LogP contribution in [0.1, 0.15) is 33.6 Å². The second kappa shape index (κ2) is 7.45.